The molecule has 0 atom stereocenters. The van der Waals surface area contributed by atoms with Gasteiger partial charge >= 0.3 is 0 Å². The van der Waals surface area contributed by atoms with E-state index < -0.39 is 0 Å². The van der Waals surface area contributed by atoms with E-state index in [4.69, 9.17) is 5.73 Å². The summed E-state index contributed by atoms with van der Waals surface area (Å²) in [7, 11) is 0. The number of hydrogen-bond acceptors (Lipinski definition) is 3. The van der Waals surface area contributed by atoms with Crippen LogP contribution >= 0.6 is 11.8 Å². The first kappa shape index (κ1) is 11.5. The Balaban J connectivity index is 2.49. The van der Waals surface area contributed by atoms with Crippen LogP contribution in [0.25, 0.3) is 5.65 Å². The summed E-state index contributed by atoms with van der Waals surface area (Å²) in [4.78, 5) is 4.64. The van der Waals surface area contributed by atoms with Crippen LogP contribution in [0.5, 0.6) is 0 Å². The van der Waals surface area contributed by atoms with E-state index in [1.807, 2.05) is 18.2 Å². The van der Waals surface area contributed by atoms with E-state index >= 15 is 0 Å². The second kappa shape index (κ2) is 4.89. The van der Waals surface area contributed by atoms with Gasteiger partial charge in [-0.3, -0.25) is 0 Å². The van der Waals surface area contributed by atoms with Crippen molar-refractivity contribution in [2.75, 3.05) is 6.54 Å². The molecule has 0 fully saturated rings. The van der Waals surface area contributed by atoms with Crippen LogP contribution in [0.3, 0.4) is 0 Å². The third kappa shape index (κ3) is 2.23. The number of rotatable bonds is 4. The average molecular weight is 235 g/mol. The van der Waals surface area contributed by atoms with Crippen molar-refractivity contribution in [1.29, 1.82) is 0 Å². The first-order valence-electron chi connectivity index (χ1n) is 5.55. The standard InChI is InChI=1S/C12H17N3S/c1-9(2)16-12-10(6-7-13)15-8-4-3-5-11(15)14-12/h3-5,8-9H,6-7,13H2,1-2H3. The fourth-order valence-electron chi connectivity index (χ4n) is 1.71. The van der Waals surface area contributed by atoms with Crippen LogP contribution in [0, 0.1) is 0 Å². The summed E-state index contributed by atoms with van der Waals surface area (Å²) < 4.78 is 2.14. The molecule has 0 spiro atoms. The molecular weight excluding hydrogens is 218 g/mol. The molecule has 0 radical (unpaired) electrons. The highest BCUT2D eigenvalue weighted by molar-refractivity contribution is 7.99. The van der Waals surface area contributed by atoms with Crippen LogP contribution in [0.2, 0.25) is 0 Å². The van der Waals surface area contributed by atoms with Crippen LogP contribution in [0.4, 0.5) is 0 Å². The van der Waals surface area contributed by atoms with Crippen molar-refractivity contribution >= 4 is 17.4 Å². The third-order valence-electron chi connectivity index (χ3n) is 2.32. The zero-order chi connectivity index (χ0) is 11.5. The van der Waals surface area contributed by atoms with E-state index in [0.29, 0.717) is 11.8 Å². The molecule has 2 aromatic heterocycles. The van der Waals surface area contributed by atoms with Crippen molar-refractivity contribution in [3.8, 4) is 0 Å². The van der Waals surface area contributed by atoms with Gasteiger partial charge in [-0.15, -0.1) is 11.8 Å². The summed E-state index contributed by atoms with van der Waals surface area (Å²) in [5, 5.41) is 1.66. The van der Waals surface area contributed by atoms with Crippen molar-refractivity contribution in [3.05, 3.63) is 30.1 Å². The molecule has 2 heterocycles. The number of fused-ring (bicyclic) bond motifs is 1. The number of hydrogen-bond donors (Lipinski definition) is 1. The first-order valence-corrected chi connectivity index (χ1v) is 6.43. The largest absolute Gasteiger partial charge is 0.330 e. The molecule has 0 saturated heterocycles. The zero-order valence-electron chi connectivity index (χ0n) is 9.68. The van der Waals surface area contributed by atoms with Crippen LogP contribution in [0.1, 0.15) is 19.5 Å². The van der Waals surface area contributed by atoms with Crippen molar-refractivity contribution in [2.24, 2.45) is 5.73 Å². The summed E-state index contributed by atoms with van der Waals surface area (Å²) in [5.41, 5.74) is 7.90. The predicted octanol–water partition coefficient (Wildman–Crippen LogP) is 2.34. The maximum Gasteiger partial charge on any atom is 0.138 e. The van der Waals surface area contributed by atoms with Gasteiger partial charge in [0, 0.05) is 17.9 Å². The molecule has 4 heteroatoms. The summed E-state index contributed by atoms with van der Waals surface area (Å²) in [6.45, 7) is 5.02. The van der Waals surface area contributed by atoms with E-state index in [-0.39, 0.29) is 0 Å². The minimum absolute atomic E-state index is 0.543. The van der Waals surface area contributed by atoms with Gasteiger partial charge in [0.25, 0.3) is 0 Å². The molecule has 3 nitrogen and oxygen atoms in total. The van der Waals surface area contributed by atoms with Crippen molar-refractivity contribution < 1.29 is 0 Å². The third-order valence-corrected chi connectivity index (χ3v) is 3.34. The molecule has 0 bridgehead atoms. The smallest absolute Gasteiger partial charge is 0.138 e. The van der Waals surface area contributed by atoms with E-state index in [1.54, 1.807) is 11.8 Å². The molecule has 0 saturated carbocycles. The molecule has 16 heavy (non-hydrogen) atoms. The number of imidazole rings is 1. The maximum atomic E-state index is 5.66. The van der Waals surface area contributed by atoms with E-state index in [2.05, 4.69) is 29.4 Å². The van der Waals surface area contributed by atoms with Crippen molar-refractivity contribution in [2.45, 2.75) is 30.5 Å². The number of nitrogens with zero attached hydrogens (tertiary/aromatic N) is 2. The topological polar surface area (TPSA) is 43.3 Å². The van der Waals surface area contributed by atoms with Crippen molar-refractivity contribution in [3.63, 3.8) is 0 Å². The lowest BCUT2D eigenvalue weighted by atomic mass is 10.3. The van der Waals surface area contributed by atoms with Crippen LogP contribution < -0.4 is 5.73 Å². The van der Waals surface area contributed by atoms with Gasteiger partial charge in [0.05, 0.1) is 5.69 Å². The van der Waals surface area contributed by atoms with Gasteiger partial charge in [-0.1, -0.05) is 19.9 Å². The molecule has 86 valence electrons. The summed E-state index contributed by atoms with van der Waals surface area (Å²) in [6.07, 6.45) is 2.93. The summed E-state index contributed by atoms with van der Waals surface area (Å²) in [5.74, 6) is 0. The van der Waals surface area contributed by atoms with Gasteiger partial charge in [0.2, 0.25) is 0 Å². The molecule has 2 aromatic rings. The van der Waals surface area contributed by atoms with Crippen LogP contribution in [0.15, 0.2) is 29.4 Å². The van der Waals surface area contributed by atoms with Gasteiger partial charge in [-0.2, -0.15) is 0 Å². The second-order valence-electron chi connectivity index (χ2n) is 4.00. The van der Waals surface area contributed by atoms with Gasteiger partial charge in [0.15, 0.2) is 0 Å². The number of nitrogens with two attached hydrogens (primary N) is 1. The number of pyridine rings is 1. The first-order chi connectivity index (χ1) is 7.72. The van der Waals surface area contributed by atoms with E-state index in [9.17, 15) is 0 Å². The van der Waals surface area contributed by atoms with Crippen LogP contribution in [-0.4, -0.2) is 21.2 Å². The fraction of sp³-hybridized carbons (Fsp3) is 0.417. The molecule has 0 unspecified atom stereocenters. The monoisotopic (exact) mass is 235 g/mol. The highest BCUT2D eigenvalue weighted by atomic mass is 32.2. The quantitative estimate of drug-likeness (QED) is 0.827. The molecule has 0 aromatic carbocycles. The lowest BCUT2D eigenvalue weighted by Gasteiger charge is -2.05. The minimum atomic E-state index is 0.543. The molecule has 0 aliphatic rings. The highest BCUT2D eigenvalue weighted by Gasteiger charge is 2.12. The predicted molar refractivity (Wildman–Crippen MR) is 68.9 cm³/mol. The second-order valence-corrected chi connectivity index (χ2v) is 5.56. The Morgan fingerprint density at radius 3 is 2.94 bits per heavy atom. The van der Waals surface area contributed by atoms with Gasteiger partial charge in [-0.05, 0) is 18.7 Å². The minimum Gasteiger partial charge on any atom is -0.330 e. The van der Waals surface area contributed by atoms with Gasteiger partial charge in [-0.25, -0.2) is 4.98 Å². The maximum absolute atomic E-state index is 5.66. The summed E-state index contributed by atoms with van der Waals surface area (Å²) in [6, 6.07) is 6.07. The molecular formula is C12H17N3S. The number of aromatic nitrogens is 2. The Labute approximate surface area is 100 Å². The lowest BCUT2D eigenvalue weighted by molar-refractivity contribution is 0.874. The molecule has 0 amide bonds. The Hall–Kier alpha value is -1.00. The Morgan fingerprint density at radius 2 is 2.25 bits per heavy atom. The molecule has 2 rings (SSSR count). The Morgan fingerprint density at radius 1 is 1.44 bits per heavy atom. The Kier molecular flexibility index (Phi) is 3.51. The van der Waals surface area contributed by atoms with Gasteiger partial charge < -0.3 is 10.1 Å². The highest BCUT2D eigenvalue weighted by Crippen LogP contribution is 2.27. The zero-order valence-corrected chi connectivity index (χ0v) is 10.5. The average Bonchev–Trinajstić information content (AvgIpc) is 2.57. The summed E-state index contributed by atoms with van der Waals surface area (Å²) >= 11 is 1.80. The molecule has 0 aliphatic heterocycles. The molecule has 2 N–H and O–H groups in total. The van der Waals surface area contributed by atoms with E-state index in [1.165, 1.54) is 5.69 Å². The number of thioether (sulfide) groups is 1. The molecule has 0 aliphatic carbocycles. The van der Waals surface area contributed by atoms with Gasteiger partial charge in [0.1, 0.15) is 10.7 Å². The van der Waals surface area contributed by atoms with Crippen LogP contribution in [-0.2, 0) is 6.42 Å². The van der Waals surface area contributed by atoms with E-state index in [0.717, 1.165) is 17.1 Å². The van der Waals surface area contributed by atoms with Crippen molar-refractivity contribution in [1.82, 2.24) is 9.38 Å². The fourth-order valence-corrected chi connectivity index (χ4v) is 2.64. The Bertz CT molecular complexity index is 476. The normalized spacial score (nSPS) is 11.5. The lowest BCUT2D eigenvalue weighted by Crippen LogP contribution is -2.06. The SMILES string of the molecule is CC(C)Sc1nc2ccccn2c1CCN.